The van der Waals surface area contributed by atoms with E-state index in [1.165, 1.54) is 18.2 Å². The Kier molecular flexibility index (Phi) is 5.47. The first-order valence-electron chi connectivity index (χ1n) is 6.20. The van der Waals surface area contributed by atoms with Gasteiger partial charge in [-0.3, -0.25) is 14.9 Å². The van der Waals surface area contributed by atoms with Crippen LogP contribution >= 0.6 is 11.6 Å². The Labute approximate surface area is 121 Å². The minimum atomic E-state index is -0.605. The lowest BCUT2D eigenvalue weighted by Gasteiger charge is -2.29. The van der Waals surface area contributed by atoms with Crippen LogP contribution in [0.4, 0.5) is 5.69 Å². The molecule has 1 atom stereocenters. The summed E-state index contributed by atoms with van der Waals surface area (Å²) in [6, 6.07) is 3.82. The number of hydrogen-bond acceptors (Lipinski definition) is 4. The number of carbonyl (C=O) groups excluding carboxylic acids is 1. The number of nitrogens with zero attached hydrogens (tertiary/aromatic N) is 1. The van der Waals surface area contributed by atoms with E-state index in [9.17, 15) is 14.9 Å². The van der Waals surface area contributed by atoms with Gasteiger partial charge in [-0.15, -0.1) is 0 Å². The largest absolute Gasteiger partial charge is 0.396 e. The maximum absolute atomic E-state index is 12.1. The molecule has 0 heterocycles. The zero-order valence-corrected chi connectivity index (χ0v) is 12.1. The zero-order valence-electron chi connectivity index (χ0n) is 11.4. The number of aliphatic hydroxyl groups is 1. The topological polar surface area (TPSA) is 92.5 Å². The molecule has 110 valence electrons. The quantitative estimate of drug-likeness (QED) is 0.623. The minimum absolute atomic E-state index is 0.0361. The van der Waals surface area contributed by atoms with Crippen molar-refractivity contribution in [3.8, 4) is 0 Å². The average molecular weight is 301 g/mol. The lowest BCUT2D eigenvalue weighted by atomic mass is 9.94. The highest BCUT2D eigenvalue weighted by molar-refractivity contribution is 6.33. The third-order valence-corrected chi connectivity index (χ3v) is 3.57. The summed E-state index contributed by atoms with van der Waals surface area (Å²) >= 11 is 5.77. The Bertz CT molecular complexity index is 521. The molecule has 6 nitrogen and oxygen atoms in total. The number of amides is 1. The number of nitro benzene ring substituents is 1. The molecule has 1 unspecified atom stereocenters. The van der Waals surface area contributed by atoms with Crippen molar-refractivity contribution >= 4 is 23.2 Å². The Balaban J connectivity index is 2.93. The fourth-order valence-corrected chi connectivity index (χ4v) is 1.97. The van der Waals surface area contributed by atoms with E-state index in [0.29, 0.717) is 12.8 Å². The number of aliphatic hydroxyl groups excluding tert-OH is 1. The summed E-state index contributed by atoms with van der Waals surface area (Å²) in [6.07, 6.45) is 1.08. The van der Waals surface area contributed by atoms with E-state index in [1.807, 2.05) is 13.8 Å². The van der Waals surface area contributed by atoms with Crippen LogP contribution < -0.4 is 5.32 Å². The molecule has 0 saturated carbocycles. The second kappa shape index (κ2) is 6.67. The first-order valence-corrected chi connectivity index (χ1v) is 6.58. The highest BCUT2D eigenvalue weighted by atomic mass is 35.5. The molecule has 0 fully saturated rings. The van der Waals surface area contributed by atoms with Crippen LogP contribution in [-0.4, -0.2) is 28.1 Å². The molecule has 0 aliphatic heterocycles. The molecule has 1 amide bonds. The number of halogens is 1. The van der Waals surface area contributed by atoms with Gasteiger partial charge in [0.2, 0.25) is 0 Å². The molecule has 20 heavy (non-hydrogen) atoms. The fraction of sp³-hybridized carbons (Fsp3) is 0.462. The molecular weight excluding hydrogens is 284 g/mol. The molecule has 7 heteroatoms. The van der Waals surface area contributed by atoms with Crippen molar-refractivity contribution in [2.24, 2.45) is 0 Å². The molecule has 0 aliphatic rings. The smallest absolute Gasteiger partial charge is 0.287 e. The lowest BCUT2D eigenvalue weighted by molar-refractivity contribution is -0.384. The van der Waals surface area contributed by atoms with Crippen molar-refractivity contribution in [3.63, 3.8) is 0 Å². The molecule has 0 spiro atoms. The lowest BCUT2D eigenvalue weighted by Crippen LogP contribution is -2.46. The summed E-state index contributed by atoms with van der Waals surface area (Å²) < 4.78 is 0. The van der Waals surface area contributed by atoms with E-state index >= 15 is 0 Å². The van der Waals surface area contributed by atoms with Crippen molar-refractivity contribution in [1.82, 2.24) is 5.32 Å². The normalized spacial score (nSPS) is 13.6. The number of nitrogens with one attached hydrogen (secondary N) is 1. The number of benzene rings is 1. The van der Waals surface area contributed by atoms with Gasteiger partial charge in [-0.25, -0.2) is 0 Å². The standard InChI is InChI=1S/C13H17ClN2O4/c1-3-13(2,6-7-17)15-12(18)9-4-5-11(16(19)20)10(14)8-9/h4-5,8,17H,3,6-7H2,1-2H3,(H,15,18). The molecule has 0 radical (unpaired) electrons. The van der Waals surface area contributed by atoms with E-state index in [2.05, 4.69) is 5.32 Å². The number of hydrogen-bond donors (Lipinski definition) is 2. The van der Waals surface area contributed by atoms with Crippen molar-refractivity contribution in [1.29, 1.82) is 0 Å². The predicted octanol–water partition coefficient (Wildman–Crippen LogP) is 2.53. The van der Waals surface area contributed by atoms with Crippen molar-refractivity contribution in [2.45, 2.75) is 32.2 Å². The van der Waals surface area contributed by atoms with Gasteiger partial charge < -0.3 is 10.4 Å². The maximum Gasteiger partial charge on any atom is 0.287 e. The van der Waals surface area contributed by atoms with Gasteiger partial charge in [-0.2, -0.15) is 0 Å². The third kappa shape index (κ3) is 3.91. The van der Waals surface area contributed by atoms with Crippen molar-refractivity contribution < 1.29 is 14.8 Å². The predicted molar refractivity (Wildman–Crippen MR) is 76.0 cm³/mol. The fourth-order valence-electron chi connectivity index (χ4n) is 1.72. The van der Waals surface area contributed by atoms with Gasteiger partial charge in [0.25, 0.3) is 11.6 Å². The Morgan fingerprint density at radius 3 is 2.65 bits per heavy atom. The maximum atomic E-state index is 12.1. The average Bonchev–Trinajstić information content (AvgIpc) is 2.38. The van der Waals surface area contributed by atoms with Gasteiger partial charge in [0, 0.05) is 23.8 Å². The van der Waals surface area contributed by atoms with Gasteiger partial charge in [0.1, 0.15) is 5.02 Å². The van der Waals surface area contributed by atoms with Crippen LogP contribution in [0.15, 0.2) is 18.2 Å². The van der Waals surface area contributed by atoms with E-state index in [1.54, 1.807) is 0 Å². The highest BCUT2D eigenvalue weighted by Crippen LogP contribution is 2.25. The molecule has 0 aromatic heterocycles. The van der Waals surface area contributed by atoms with Crippen LogP contribution in [0, 0.1) is 10.1 Å². The Hall–Kier alpha value is -1.66. The van der Waals surface area contributed by atoms with Gasteiger partial charge >= 0.3 is 0 Å². The summed E-state index contributed by atoms with van der Waals surface area (Å²) in [7, 11) is 0. The van der Waals surface area contributed by atoms with Crippen LogP contribution in [0.3, 0.4) is 0 Å². The number of rotatable bonds is 6. The summed E-state index contributed by atoms with van der Waals surface area (Å²) in [5.41, 5.74) is -0.518. The Morgan fingerprint density at radius 1 is 1.55 bits per heavy atom. The van der Waals surface area contributed by atoms with E-state index in [4.69, 9.17) is 16.7 Å². The molecule has 2 N–H and O–H groups in total. The first kappa shape index (κ1) is 16.4. The van der Waals surface area contributed by atoms with E-state index in [0.717, 1.165) is 0 Å². The monoisotopic (exact) mass is 300 g/mol. The van der Waals surface area contributed by atoms with Gasteiger partial charge in [0.05, 0.1) is 4.92 Å². The SMILES string of the molecule is CCC(C)(CCO)NC(=O)c1ccc([N+](=O)[O-])c(Cl)c1. The summed E-state index contributed by atoms with van der Waals surface area (Å²) in [5, 5.41) is 22.4. The van der Waals surface area contributed by atoms with Gasteiger partial charge in [-0.05, 0) is 31.9 Å². The summed E-state index contributed by atoms with van der Waals surface area (Å²) in [4.78, 5) is 22.2. The molecule has 0 bridgehead atoms. The molecule has 0 aliphatic carbocycles. The molecule has 0 saturated heterocycles. The minimum Gasteiger partial charge on any atom is -0.396 e. The number of carbonyl (C=O) groups is 1. The van der Waals surface area contributed by atoms with E-state index in [-0.39, 0.29) is 28.8 Å². The second-order valence-corrected chi connectivity index (χ2v) is 5.17. The second-order valence-electron chi connectivity index (χ2n) is 4.77. The van der Waals surface area contributed by atoms with Crippen molar-refractivity contribution in [3.05, 3.63) is 38.9 Å². The highest BCUT2D eigenvalue weighted by Gasteiger charge is 2.25. The van der Waals surface area contributed by atoms with Crippen LogP contribution in [0.25, 0.3) is 0 Å². The van der Waals surface area contributed by atoms with Gasteiger partial charge in [-0.1, -0.05) is 18.5 Å². The van der Waals surface area contributed by atoms with Crippen molar-refractivity contribution in [2.75, 3.05) is 6.61 Å². The van der Waals surface area contributed by atoms with Crippen LogP contribution in [0.1, 0.15) is 37.0 Å². The Morgan fingerprint density at radius 2 is 2.20 bits per heavy atom. The zero-order chi connectivity index (χ0) is 15.3. The summed E-state index contributed by atoms with van der Waals surface area (Å²) in [5.74, 6) is -0.375. The van der Waals surface area contributed by atoms with Crippen LogP contribution in [0.5, 0.6) is 0 Å². The van der Waals surface area contributed by atoms with Crippen LogP contribution in [-0.2, 0) is 0 Å². The molecule has 1 aromatic carbocycles. The van der Waals surface area contributed by atoms with E-state index < -0.39 is 10.5 Å². The first-order chi connectivity index (χ1) is 9.33. The van der Waals surface area contributed by atoms with Gasteiger partial charge in [0.15, 0.2) is 0 Å². The summed E-state index contributed by atoms with van der Waals surface area (Å²) in [6.45, 7) is 3.69. The third-order valence-electron chi connectivity index (χ3n) is 3.27. The number of nitro groups is 1. The molecule has 1 aromatic rings. The van der Waals surface area contributed by atoms with Crippen LogP contribution in [0.2, 0.25) is 5.02 Å². The molecular formula is C13H17ClN2O4. The molecule has 1 rings (SSSR count).